The number of nitrogens with two attached hydrogens (primary N) is 2. The number of aliphatic imine (C=N–C) groups is 1. The van der Waals surface area contributed by atoms with Crippen LogP contribution in [-0.4, -0.2) is 41.0 Å². The number of guanidine groups is 1. The number of rotatable bonds is 2. The zero-order valence-electron chi connectivity index (χ0n) is 13.3. The molecule has 0 spiro atoms. The van der Waals surface area contributed by atoms with Gasteiger partial charge >= 0.3 is 0 Å². The normalized spacial score (nSPS) is 23.5. The summed E-state index contributed by atoms with van der Waals surface area (Å²) < 4.78 is 11.2. The fraction of sp³-hybridized carbons (Fsp3) is 0.375. The largest absolute Gasteiger partial charge is 0.370 e. The SMILES string of the molecule is CC1OC(N2CCc3[nH]c4cccc(C(=O)N=C(N)N)c4c3C2)O1. The van der Waals surface area contributed by atoms with Gasteiger partial charge in [-0.1, -0.05) is 6.07 Å². The van der Waals surface area contributed by atoms with Gasteiger partial charge in [-0.3, -0.25) is 9.69 Å². The van der Waals surface area contributed by atoms with Gasteiger partial charge in [-0.15, -0.1) is 0 Å². The first-order valence-corrected chi connectivity index (χ1v) is 7.84. The smallest absolute Gasteiger partial charge is 0.280 e. The van der Waals surface area contributed by atoms with E-state index in [0.717, 1.165) is 35.1 Å². The molecule has 2 aromatic rings. The first-order chi connectivity index (χ1) is 11.5. The van der Waals surface area contributed by atoms with Crippen LogP contribution in [0.3, 0.4) is 0 Å². The zero-order valence-corrected chi connectivity index (χ0v) is 13.3. The summed E-state index contributed by atoms with van der Waals surface area (Å²) in [6.45, 7) is 3.33. The quantitative estimate of drug-likeness (QED) is 0.549. The van der Waals surface area contributed by atoms with E-state index in [1.165, 1.54) is 0 Å². The first-order valence-electron chi connectivity index (χ1n) is 7.84. The summed E-state index contributed by atoms with van der Waals surface area (Å²) >= 11 is 0. The van der Waals surface area contributed by atoms with Crippen LogP contribution in [0.2, 0.25) is 0 Å². The molecule has 2 aliphatic rings. The van der Waals surface area contributed by atoms with Crippen LogP contribution in [0.4, 0.5) is 0 Å². The van der Waals surface area contributed by atoms with E-state index in [9.17, 15) is 4.79 Å². The Morgan fingerprint density at radius 1 is 1.38 bits per heavy atom. The Kier molecular flexibility index (Phi) is 3.52. The number of nitrogens with zero attached hydrogens (tertiary/aromatic N) is 2. The second-order valence-electron chi connectivity index (χ2n) is 6.02. The van der Waals surface area contributed by atoms with Crippen LogP contribution in [0.25, 0.3) is 10.9 Å². The van der Waals surface area contributed by atoms with E-state index < -0.39 is 5.91 Å². The van der Waals surface area contributed by atoms with Crippen LogP contribution < -0.4 is 11.5 Å². The van der Waals surface area contributed by atoms with Crippen molar-refractivity contribution < 1.29 is 14.3 Å². The molecule has 5 N–H and O–H groups in total. The van der Waals surface area contributed by atoms with Gasteiger partial charge in [-0.05, 0) is 24.6 Å². The number of carbonyl (C=O) groups is 1. The fourth-order valence-electron chi connectivity index (χ4n) is 3.34. The number of amides is 1. The molecule has 24 heavy (non-hydrogen) atoms. The number of fused-ring (bicyclic) bond motifs is 3. The number of H-pyrrole nitrogens is 1. The molecule has 3 heterocycles. The lowest BCUT2D eigenvalue weighted by molar-refractivity contribution is -0.424. The van der Waals surface area contributed by atoms with E-state index in [-0.39, 0.29) is 18.7 Å². The van der Waals surface area contributed by atoms with Gasteiger partial charge in [0.25, 0.3) is 5.91 Å². The number of carbonyl (C=O) groups excluding carboxylic acids is 1. The topological polar surface area (TPSA) is 119 Å². The van der Waals surface area contributed by atoms with Crippen molar-refractivity contribution in [3.63, 3.8) is 0 Å². The second-order valence-corrected chi connectivity index (χ2v) is 6.02. The molecule has 0 bridgehead atoms. The Morgan fingerprint density at radius 3 is 2.88 bits per heavy atom. The summed E-state index contributed by atoms with van der Waals surface area (Å²) in [5.74, 6) is -0.683. The van der Waals surface area contributed by atoms with Gasteiger partial charge in [0.2, 0.25) is 6.41 Å². The molecule has 0 saturated carbocycles. The van der Waals surface area contributed by atoms with Crippen LogP contribution in [0.1, 0.15) is 28.5 Å². The van der Waals surface area contributed by atoms with Crippen LogP contribution in [0.15, 0.2) is 23.2 Å². The minimum Gasteiger partial charge on any atom is -0.370 e. The van der Waals surface area contributed by atoms with Crippen LogP contribution in [0.5, 0.6) is 0 Å². The summed E-state index contributed by atoms with van der Waals surface area (Å²) in [5.41, 5.74) is 14.3. The van der Waals surface area contributed by atoms with Gasteiger partial charge in [0, 0.05) is 36.1 Å². The standard InChI is InChI=1S/C16H19N5O3/c1-8-23-16(24-8)21-6-5-11-10(7-21)13-9(14(22)20-15(17)18)3-2-4-12(13)19-11/h2-4,8,16,19H,5-7H2,1H3,(H4,17,18,20,22). The average Bonchev–Trinajstić information content (AvgIpc) is 2.88. The Hall–Kier alpha value is -2.42. The van der Waals surface area contributed by atoms with E-state index in [4.69, 9.17) is 20.9 Å². The summed E-state index contributed by atoms with van der Waals surface area (Å²) in [6.07, 6.45) is 0.342. The molecule has 1 aromatic heterocycles. The summed E-state index contributed by atoms with van der Waals surface area (Å²) in [6, 6.07) is 5.50. The molecular formula is C16H19N5O3. The summed E-state index contributed by atoms with van der Waals surface area (Å²) in [5, 5.41) is 0.861. The predicted octanol–water partition coefficient (Wildman–Crippen LogP) is 0.616. The third-order valence-electron chi connectivity index (χ3n) is 4.40. The number of hydrogen-bond donors (Lipinski definition) is 3. The van der Waals surface area contributed by atoms with Gasteiger partial charge in [0.1, 0.15) is 0 Å². The van der Waals surface area contributed by atoms with Gasteiger partial charge in [0.15, 0.2) is 12.2 Å². The van der Waals surface area contributed by atoms with Crippen molar-refractivity contribution in [2.75, 3.05) is 6.54 Å². The minimum absolute atomic E-state index is 0.168. The lowest BCUT2D eigenvalue weighted by atomic mass is 10.0. The monoisotopic (exact) mass is 329 g/mol. The molecule has 1 amide bonds. The molecule has 1 aromatic carbocycles. The second kappa shape index (κ2) is 5.59. The van der Waals surface area contributed by atoms with Crippen molar-refractivity contribution in [3.8, 4) is 0 Å². The van der Waals surface area contributed by atoms with E-state index in [0.29, 0.717) is 12.1 Å². The third kappa shape index (κ3) is 2.44. The van der Waals surface area contributed by atoms with Crippen LogP contribution in [0, 0.1) is 0 Å². The summed E-state index contributed by atoms with van der Waals surface area (Å²) in [4.78, 5) is 21.5. The molecule has 0 radical (unpaired) electrons. The molecule has 8 heteroatoms. The molecule has 1 saturated heterocycles. The van der Waals surface area contributed by atoms with Crippen molar-refractivity contribution in [2.45, 2.75) is 32.6 Å². The Labute approximate surface area is 138 Å². The van der Waals surface area contributed by atoms with Crippen LogP contribution in [-0.2, 0) is 22.4 Å². The predicted molar refractivity (Wildman–Crippen MR) is 88.0 cm³/mol. The van der Waals surface area contributed by atoms with Gasteiger partial charge in [0.05, 0.1) is 5.56 Å². The number of hydrogen-bond acceptors (Lipinski definition) is 4. The van der Waals surface area contributed by atoms with Gasteiger partial charge < -0.3 is 25.9 Å². The lowest BCUT2D eigenvalue weighted by Crippen LogP contribution is -2.52. The lowest BCUT2D eigenvalue weighted by Gasteiger charge is -2.42. The van der Waals surface area contributed by atoms with Crippen molar-refractivity contribution in [2.24, 2.45) is 16.5 Å². The van der Waals surface area contributed by atoms with Crippen LogP contribution >= 0.6 is 0 Å². The third-order valence-corrected chi connectivity index (χ3v) is 4.40. The number of aromatic amines is 1. The van der Waals surface area contributed by atoms with E-state index >= 15 is 0 Å². The van der Waals surface area contributed by atoms with Crippen molar-refractivity contribution in [3.05, 3.63) is 35.0 Å². The molecule has 0 unspecified atom stereocenters. The van der Waals surface area contributed by atoms with E-state index in [2.05, 4.69) is 14.9 Å². The Balaban J connectivity index is 1.74. The van der Waals surface area contributed by atoms with Gasteiger partial charge in [-0.25, -0.2) is 0 Å². The Morgan fingerprint density at radius 2 is 2.17 bits per heavy atom. The molecule has 2 aliphatic heterocycles. The van der Waals surface area contributed by atoms with Gasteiger partial charge in [-0.2, -0.15) is 4.99 Å². The molecule has 0 aliphatic carbocycles. The highest BCUT2D eigenvalue weighted by Gasteiger charge is 2.35. The molecule has 0 atom stereocenters. The number of benzene rings is 1. The van der Waals surface area contributed by atoms with Crippen molar-refractivity contribution in [1.29, 1.82) is 0 Å². The minimum atomic E-state index is -0.440. The molecule has 4 rings (SSSR count). The maximum absolute atomic E-state index is 12.4. The molecule has 8 nitrogen and oxygen atoms in total. The first kappa shape index (κ1) is 15.1. The Bertz CT molecular complexity index is 834. The highest BCUT2D eigenvalue weighted by atomic mass is 16.9. The molecule has 126 valence electrons. The fourth-order valence-corrected chi connectivity index (χ4v) is 3.34. The molecule has 1 fully saturated rings. The van der Waals surface area contributed by atoms with Crippen molar-refractivity contribution in [1.82, 2.24) is 9.88 Å². The highest BCUT2D eigenvalue weighted by molar-refractivity contribution is 6.11. The molecular weight excluding hydrogens is 310 g/mol. The number of aromatic nitrogens is 1. The zero-order chi connectivity index (χ0) is 16.8. The summed E-state index contributed by atoms with van der Waals surface area (Å²) in [7, 11) is 0. The maximum atomic E-state index is 12.4. The van der Waals surface area contributed by atoms with Crippen molar-refractivity contribution >= 4 is 22.8 Å². The van der Waals surface area contributed by atoms with E-state index in [1.54, 1.807) is 6.07 Å². The maximum Gasteiger partial charge on any atom is 0.280 e. The van der Waals surface area contributed by atoms with E-state index in [1.807, 2.05) is 19.1 Å². The number of nitrogens with one attached hydrogen (secondary N) is 1. The average molecular weight is 329 g/mol. The highest BCUT2D eigenvalue weighted by Crippen LogP contribution is 2.33. The number of ether oxygens (including phenoxy) is 2.